The van der Waals surface area contributed by atoms with Gasteiger partial charge >= 0.3 is 6.03 Å². The topological polar surface area (TPSA) is 117 Å². The van der Waals surface area contributed by atoms with Crippen molar-refractivity contribution in [2.24, 2.45) is 0 Å². The summed E-state index contributed by atoms with van der Waals surface area (Å²) in [4.78, 5) is 25.4. The lowest BCUT2D eigenvalue weighted by atomic mass is 10.3. The number of hydrogen-bond acceptors (Lipinski definition) is 5. The van der Waals surface area contributed by atoms with Crippen LogP contribution in [0.25, 0.3) is 0 Å². The summed E-state index contributed by atoms with van der Waals surface area (Å²) in [5.74, 6) is -0.0202. The van der Waals surface area contributed by atoms with Crippen LogP contribution in [0.1, 0.15) is 19.8 Å². The van der Waals surface area contributed by atoms with Crippen molar-refractivity contribution in [3.8, 4) is 5.75 Å². The van der Waals surface area contributed by atoms with Gasteiger partial charge in [0.2, 0.25) is 5.91 Å². The van der Waals surface area contributed by atoms with Gasteiger partial charge in [-0.1, -0.05) is 12.1 Å². The number of ether oxygens (including phenoxy) is 1. The highest BCUT2D eigenvalue weighted by Gasteiger charge is 2.21. The summed E-state index contributed by atoms with van der Waals surface area (Å²) in [5, 5.41) is 5.32. The molecule has 1 fully saturated rings. The minimum absolute atomic E-state index is 0.0623. The fourth-order valence-corrected chi connectivity index (χ4v) is 4.25. The van der Waals surface area contributed by atoms with Crippen molar-refractivity contribution in [1.82, 2.24) is 4.90 Å². The van der Waals surface area contributed by atoms with E-state index in [0.717, 1.165) is 12.8 Å². The van der Waals surface area contributed by atoms with Gasteiger partial charge in [-0.05, 0) is 43.2 Å². The number of carbonyl (C=O) groups excluding carboxylic acids is 2. The van der Waals surface area contributed by atoms with E-state index < -0.39 is 10.0 Å². The molecule has 2 aromatic rings. The number of methoxy groups -OCH3 is 1. The van der Waals surface area contributed by atoms with Gasteiger partial charge in [-0.2, -0.15) is 0 Å². The predicted molar refractivity (Wildman–Crippen MR) is 114 cm³/mol. The van der Waals surface area contributed by atoms with Crippen LogP contribution < -0.4 is 20.1 Å². The molecule has 1 aliphatic rings. The number of anilines is 3. The fraction of sp³-hybridized carbons (Fsp3) is 0.300. The lowest BCUT2D eigenvalue weighted by Gasteiger charge is -2.19. The third-order valence-corrected chi connectivity index (χ3v) is 5.96. The van der Waals surface area contributed by atoms with E-state index in [1.54, 1.807) is 29.2 Å². The average Bonchev–Trinajstić information content (AvgIpc) is 3.24. The number of amides is 3. The molecule has 0 aromatic heterocycles. The van der Waals surface area contributed by atoms with E-state index in [1.165, 1.54) is 32.2 Å². The fourth-order valence-electron chi connectivity index (χ4n) is 3.14. The molecule has 0 bridgehead atoms. The zero-order valence-electron chi connectivity index (χ0n) is 16.8. The molecule has 30 heavy (non-hydrogen) atoms. The van der Waals surface area contributed by atoms with Gasteiger partial charge < -0.3 is 20.3 Å². The second kappa shape index (κ2) is 9.04. The summed E-state index contributed by atoms with van der Waals surface area (Å²) in [6, 6.07) is 10.4. The van der Waals surface area contributed by atoms with E-state index in [0.29, 0.717) is 24.5 Å². The van der Waals surface area contributed by atoms with Gasteiger partial charge in [-0.3, -0.25) is 9.52 Å². The molecule has 160 valence electrons. The van der Waals surface area contributed by atoms with Crippen molar-refractivity contribution in [3.05, 3.63) is 42.5 Å². The maximum absolute atomic E-state index is 12.9. The van der Waals surface area contributed by atoms with Crippen LogP contribution in [0.15, 0.2) is 47.4 Å². The van der Waals surface area contributed by atoms with Gasteiger partial charge in [-0.25, -0.2) is 13.2 Å². The molecule has 0 spiro atoms. The highest BCUT2D eigenvalue weighted by Crippen LogP contribution is 2.30. The lowest BCUT2D eigenvalue weighted by molar-refractivity contribution is -0.114. The Balaban J connectivity index is 1.85. The Hall–Kier alpha value is -3.27. The molecule has 3 N–H and O–H groups in total. The summed E-state index contributed by atoms with van der Waals surface area (Å²) >= 11 is 0. The Morgan fingerprint density at radius 2 is 1.63 bits per heavy atom. The SMILES string of the molecule is COc1ccc(S(=O)(=O)Nc2ccccc2NC(=O)N2CCCC2)cc1NC(C)=O. The van der Waals surface area contributed by atoms with E-state index in [4.69, 9.17) is 4.74 Å². The molecule has 1 heterocycles. The molecule has 0 saturated carbocycles. The number of carbonyl (C=O) groups is 2. The quantitative estimate of drug-likeness (QED) is 0.649. The zero-order valence-corrected chi connectivity index (χ0v) is 17.6. The van der Waals surface area contributed by atoms with Gasteiger partial charge in [0.15, 0.2) is 0 Å². The molecule has 0 unspecified atom stereocenters. The van der Waals surface area contributed by atoms with E-state index in [9.17, 15) is 18.0 Å². The molecule has 0 radical (unpaired) electrons. The van der Waals surface area contributed by atoms with E-state index in [2.05, 4.69) is 15.4 Å². The number of nitrogens with one attached hydrogen (secondary N) is 3. The Kier molecular flexibility index (Phi) is 6.46. The number of urea groups is 1. The van der Waals surface area contributed by atoms with Gasteiger partial charge in [0.05, 0.1) is 29.1 Å². The molecule has 2 aromatic carbocycles. The Morgan fingerprint density at radius 3 is 2.27 bits per heavy atom. The lowest BCUT2D eigenvalue weighted by Crippen LogP contribution is -2.32. The molecule has 1 saturated heterocycles. The van der Waals surface area contributed by atoms with Crippen LogP contribution in [0, 0.1) is 0 Å². The Labute approximate surface area is 175 Å². The Bertz CT molecular complexity index is 1050. The van der Waals surface area contributed by atoms with Crippen LogP contribution in [0.5, 0.6) is 5.75 Å². The van der Waals surface area contributed by atoms with Crippen LogP contribution >= 0.6 is 0 Å². The van der Waals surface area contributed by atoms with Crippen LogP contribution in [0.2, 0.25) is 0 Å². The van der Waals surface area contributed by atoms with E-state index in [-0.39, 0.29) is 28.2 Å². The molecule has 0 aliphatic carbocycles. The standard InChI is InChI=1S/C20H24N4O5S/c1-14(25)21-18-13-15(9-10-19(18)29-2)30(27,28)23-17-8-4-3-7-16(17)22-20(26)24-11-5-6-12-24/h3-4,7-10,13,23H,5-6,11-12H2,1-2H3,(H,21,25)(H,22,26). The minimum Gasteiger partial charge on any atom is -0.495 e. The second-order valence-electron chi connectivity index (χ2n) is 6.82. The third-order valence-electron chi connectivity index (χ3n) is 4.60. The smallest absolute Gasteiger partial charge is 0.321 e. The number of para-hydroxylation sites is 2. The van der Waals surface area contributed by atoms with Crippen molar-refractivity contribution >= 4 is 39.0 Å². The van der Waals surface area contributed by atoms with Crippen LogP contribution in [-0.4, -0.2) is 45.5 Å². The first-order valence-electron chi connectivity index (χ1n) is 9.43. The van der Waals surface area contributed by atoms with Crippen molar-refractivity contribution in [3.63, 3.8) is 0 Å². The molecule has 3 rings (SSSR count). The van der Waals surface area contributed by atoms with Crippen molar-refractivity contribution < 1.29 is 22.7 Å². The van der Waals surface area contributed by atoms with Crippen molar-refractivity contribution in [2.45, 2.75) is 24.7 Å². The normalized spacial score (nSPS) is 13.6. The molecular weight excluding hydrogens is 408 g/mol. The first kappa shape index (κ1) is 21.4. The molecule has 0 atom stereocenters. The van der Waals surface area contributed by atoms with Crippen LogP contribution in [0.3, 0.4) is 0 Å². The molecule has 9 nitrogen and oxygen atoms in total. The summed E-state index contributed by atoms with van der Waals surface area (Å²) in [5.41, 5.74) is 0.832. The number of rotatable bonds is 6. The highest BCUT2D eigenvalue weighted by atomic mass is 32.2. The first-order chi connectivity index (χ1) is 14.3. The Morgan fingerprint density at radius 1 is 0.967 bits per heavy atom. The number of hydrogen-bond donors (Lipinski definition) is 3. The monoisotopic (exact) mass is 432 g/mol. The van der Waals surface area contributed by atoms with Crippen molar-refractivity contribution in [1.29, 1.82) is 0 Å². The molecule has 3 amide bonds. The first-order valence-corrected chi connectivity index (χ1v) is 10.9. The predicted octanol–water partition coefficient (Wildman–Crippen LogP) is 3.08. The van der Waals surface area contributed by atoms with Gasteiger partial charge in [0.1, 0.15) is 5.75 Å². The summed E-state index contributed by atoms with van der Waals surface area (Å²) in [7, 11) is -2.57. The highest BCUT2D eigenvalue weighted by molar-refractivity contribution is 7.92. The summed E-state index contributed by atoms with van der Waals surface area (Å²) in [6.07, 6.45) is 1.91. The number of sulfonamides is 1. The van der Waals surface area contributed by atoms with Crippen LogP contribution in [0.4, 0.5) is 21.9 Å². The zero-order chi connectivity index (χ0) is 21.7. The largest absolute Gasteiger partial charge is 0.495 e. The number of nitrogens with zero attached hydrogens (tertiary/aromatic N) is 1. The van der Waals surface area contributed by atoms with Crippen molar-refractivity contribution in [2.75, 3.05) is 35.6 Å². The van der Waals surface area contributed by atoms with Gasteiger partial charge in [0, 0.05) is 20.0 Å². The third kappa shape index (κ3) is 5.01. The summed E-state index contributed by atoms with van der Waals surface area (Å²) in [6.45, 7) is 2.67. The molecular formula is C20H24N4O5S. The molecule has 10 heteroatoms. The molecule has 1 aliphatic heterocycles. The van der Waals surface area contributed by atoms with E-state index in [1.807, 2.05) is 0 Å². The maximum atomic E-state index is 12.9. The number of benzene rings is 2. The number of likely N-dealkylation sites (tertiary alicyclic amines) is 1. The summed E-state index contributed by atoms with van der Waals surface area (Å²) < 4.78 is 33.6. The maximum Gasteiger partial charge on any atom is 0.321 e. The van der Waals surface area contributed by atoms with Gasteiger partial charge in [-0.15, -0.1) is 0 Å². The van der Waals surface area contributed by atoms with Gasteiger partial charge in [0.25, 0.3) is 10.0 Å². The second-order valence-corrected chi connectivity index (χ2v) is 8.50. The van der Waals surface area contributed by atoms with Crippen LogP contribution in [-0.2, 0) is 14.8 Å². The average molecular weight is 433 g/mol. The minimum atomic E-state index is -4.00. The van der Waals surface area contributed by atoms with E-state index >= 15 is 0 Å².